The average molecular weight is 249 g/mol. The summed E-state index contributed by atoms with van der Waals surface area (Å²) in [6.07, 6.45) is 1.92. The summed E-state index contributed by atoms with van der Waals surface area (Å²) in [5.41, 5.74) is 1.68. The van der Waals surface area contributed by atoms with Gasteiger partial charge in [0.15, 0.2) is 5.78 Å². The zero-order valence-corrected chi connectivity index (χ0v) is 10.8. The van der Waals surface area contributed by atoms with Crippen LogP contribution in [-0.2, 0) is 0 Å². The molecular weight excluding hydrogens is 234 g/mol. The molecule has 0 saturated heterocycles. The fourth-order valence-corrected chi connectivity index (χ4v) is 1.84. The Morgan fingerprint density at radius 1 is 1.24 bits per heavy atom. The lowest BCUT2D eigenvalue weighted by atomic mass is 10.0. The maximum Gasteiger partial charge on any atom is 0.251 e. The molecule has 0 bridgehead atoms. The maximum absolute atomic E-state index is 11.9. The standard InChI is InChI=1S/C13H15NO2S/c1-9(8-17-3)12(15)10-4-6-11(7-5-10)13(16)14-2/h4-7H,1,8H2,2-3H3,(H,14,16). The molecule has 1 N–H and O–H groups in total. The van der Waals surface area contributed by atoms with Crippen LogP contribution in [0.4, 0.5) is 0 Å². The first-order chi connectivity index (χ1) is 8.10. The number of hydrogen-bond acceptors (Lipinski definition) is 3. The molecule has 1 aromatic rings. The van der Waals surface area contributed by atoms with Crippen LogP contribution in [0, 0.1) is 0 Å². The second-order valence-corrected chi connectivity index (χ2v) is 4.39. The minimum Gasteiger partial charge on any atom is -0.355 e. The van der Waals surface area contributed by atoms with Gasteiger partial charge >= 0.3 is 0 Å². The first-order valence-electron chi connectivity index (χ1n) is 5.13. The van der Waals surface area contributed by atoms with E-state index in [0.29, 0.717) is 22.5 Å². The molecule has 0 unspecified atom stereocenters. The lowest BCUT2D eigenvalue weighted by Gasteiger charge is -2.04. The van der Waals surface area contributed by atoms with Crippen molar-refractivity contribution < 1.29 is 9.59 Å². The number of rotatable bonds is 5. The minimum atomic E-state index is -0.160. The van der Waals surface area contributed by atoms with E-state index >= 15 is 0 Å². The predicted octanol–water partition coefficient (Wildman–Crippen LogP) is 2.15. The summed E-state index contributed by atoms with van der Waals surface area (Å²) in [4.78, 5) is 23.2. The largest absolute Gasteiger partial charge is 0.355 e. The Balaban J connectivity index is 2.84. The number of nitrogens with one attached hydrogen (secondary N) is 1. The Morgan fingerprint density at radius 3 is 2.24 bits per heavy atom. The molecular formula is C13H15NO2S. The first-order valence-corrected chi connectivity index (χ1v) is 6.53. The van der Waals surface area contributed by atoms with Crippen molar-refractivity contribution in [2.75, 3.05) is 19.1 Å². The molecule has 17 heavy (non-hydrogen) atoms. The molecule has 0 heterocycles. The molecule has 0 radical (unpaired) electrons. The number of carbonyl (C=O) groups excluding carboxylic acids is 2. The van der Waals surface area contributed by atoms with E-state index in [-0.39, 0.29) is 11.7 Å². The van der Waals surface area contributed by atoms with Crippen molar-refractivity contribution >= 4 is 23.5 Å². The molecule has 3 nitrogen and oxygen atoms in total. The third kappa shape index (κ3) is 3.46. The van der Waals surface area contributed by atoms with Crippen LogP contribution in [0.15, 0.2) is 36.4 Å². The average Bonchev–Trinajstić information content (AvgIpc) is 2.37. The lowest BCUT2D eigenvalue weighted by molar-refractivity contribution is 0.0961. The number of ketones is 1. The fourth-order valence-electron chi connectivity index (χ4n) is 1.36. The van der Waals surface area contributed by atoms with Crippen molar-refractivity contribution in [2.24, 2.45) is 0 Å². The van der Waals surface area contributed by atoms with Gasteiger partial charge in [0.1, 0.15) is 0 Å². The summed E-state index contributed by atoms with van der Waals surface area (Å²) in [6, 6.07) is 6.58. The lowest BCUT2D eigenvalue weighted by Crippen LogP contribution is -2.17. The minimum absolute atomic E-state index is 0.0668. The fraction of sp³-hybridized carbons (Fsp3) is 0.231. The van der Waals surface area contributed by atoms with Crippen LogP contribution in [0.1, 0.15) is 20.7 Å². The normalized spacial score (nSPS) is 9.76. The number of hydrogen-bond donors (Lipinski definition) is 1. The van der Waals surface area contributed by atoms with Crippen LogP contribution >= 0.6 is 11.8 Å². The summed E-state index contributed by atoms with van der Waals surface area (Å²) in [7, 11) is 1.57. The highest BCUT2D eigenvalue weighted by Crippen LogP contribution is 2.12. The first kappa shape index (κ1) is 13.5. The van der Waals surface area contributed by atoms with Crippen molar-refractivity contribution in [3.05, 3.63) is 47.5 Å². The van der Waals surface area contributed by atoms with Gasteiger partial charge in [-0.3, -0.25) is 9.59 Å². The van der Waals surface area contributed by atoms with Gasteiger partial charge in [-0.25, -0.2) is 0 Å². The van der Waals surface area contributed by atoms with Crippen LogP contribution in [0.3, 0.4) is 0 Å². The van der Waals surface area contributed by atoms with Crippen LogP contribution < -0.4 is 5.32 Å². The molecule has 0 saturated carbocycles. The van der Waals surface area contributed by atoms with Gasteiger partial charge in [0.2, 0.25) is 0 Å². The molecule has 1 rings (SSSR count). The predicted molar refractivity (Wildman–Crippen MR) is 71.7 cm³/mol. The van der Waals surface area contributed by atoms with Gasteiger partial charge in [0.05, 0.1) is 0 Å². The Morgan fingerprint density at radius 2 is 1.76 bits per heavy atom. The molecule has 1 amide bonds. The quantitative estimate of drug-likeness (QED) is 0.642. The zero-order valence-electron chi connectivity index (χ0n) is 9.95. The molecule has 4 heteroatoms. The van der Waals surface area contributed by atoms with Gasteiger partial charge in [0.25, 0.3) is 5.91 Å². The van der Waals surface area contributed by atoms with Gasteiger partial charge in [-0.05, 0) is 18.4 Å². The van der Waals surface area contributed by atoms with E-state index in [1.807, 2.05) is 6.26 Å². The second kappa shape index (κ2) is 6.25. The van der Waals surface area contributed by atoms with E-state index in [2.05, 4.69) is 11.9 Å². The molecule has 0 atom stereocenters. The van der Waals surface area contributed by atoms with Crippen molar-refractivity contribution in [2.45, 2.75) is 0 Å². The molecule has 0 aliphatic carbocycles. The van der Waals surface area contributed by atoms with Crippen LogP contribution in [0.25, 0.3) is 0 Å². The Labute approximate surface area is 105 Å². The van der Waals surface area contributed by atoms with Gasteiger partial charge in [-0.1, -0.05) is 18.7 Å². The molecule has 90 valence electrons. The summed E-state index contributed by atoms with van der Waals surface area (Å²) in [5.74, 6) is 0.394. The topological polar surface area (TPSA) is 46.2 Å². The number of thioether (sulfide) groups is 1. The molecule has 0 aromatic heterocycles. The third-order valence-corrected chi connectivity index (χ3v) is 2.91. The molecule has 1 aromatic carbocycles. The van der Waals surface area contributed by atoms with Crippen molar-refractivity contribution in [3.8, 4) is 0 Å². The second-order valence-electron chi connectivity index (χ2n) is 3.52. The van der Waals surface area contributed by atoms with Gasteiger partial charge in [-0.2, -0.15) is 11.8 Å². The third-order valence-electron chi connectivity index (χ3n) is 2.28. The van der Waals surface area contributed by atoms with Crippen LogP contribution in [-0.4, -0.2) is 30.7 Å². The van der Waals surface area contributed by atoms with E-state index < -0.39 is 0 Å². The monoisotopic (exact) mass is 249 g/mol. The molecule has 0 fully saturated rings. The van der Waals surface area contributed by atoms with Crippen LogP contribution in [0.2, 0.25) is 0 Å². The summed E-state index contributed by atoms with van der Waals surface area (Å²) in [5, 5.41) is 2.53. The van der Waals surface area contributed by atoms with Gasteiger partial charge in [0, 0.05) is 29.5 Å². The van der Waals surface area contributed by atoms with E-state index in [4.69, 9.17) is 0 Å². The highest BCUT2D eigenvalue weighted by molar-refractivity contribution is 7.98. The van der Waals surface area contributed by atoms with Crippen LogP contribution in [0.5, 0.6) is 0 Å². The van der Waals surface area contributed by atoms with E-state index in [0.717, 1.165) is 0 Å². The van der Waals surface area contributed by atoms with Crippen molar-refractivity contribution in [1.29, 1.82) is 0 Å². The Hall–Kier alpha value is -1.55. The summed E-state index contributed by atoms with van der Waals surface area (Å²) in [6.45, 7) is 3.74. The van der Waals surface area contributed by atoms with E-state index in [1.165, 1.54) is 0 Å². The van der Waals surface area contributed by atoms with E-state index in [9.17, 15) is 9.59 Å². The maximum atomic E-state index is 11.9. The Kier molecular flexibility index (Phi) is 4.97. The van der Waals surface area contributed by atoms with Gasteiger partial charge < -0.3 is 5.32 Å². The van der Waals surface area contributed by atoms with E-state index in [1.54, 1.807) is 43.1 Å². The highest BCUT2D eigenvalue weighted by atomic mass is 32.2. The number of amides is 1. The van der Waals surface area contributed by atoms with Crippen molar-refractivity contribution in [3.63, 3.8) is 0 Å². The highest BCUT2D eigenvalue weighted by Gasteiger charge is 2.10. The number of carbonyl (C=O) groups is 2. The zero-order chi connectivity index (χ0) is 12.8. The summed E-state index contributed by atoms with van der Waals surface area (Å²) >= 11 is 1.56. The summed E-state index contributed by atoms with van der Waals surface area (Å²) < 4.78 is 0. The Bertz CT molecular complexity index is 437. The molecule has 0 aliphatic rings. The molecule has 0 spiro atoms. The number of Topliss-reactive ketones (excluding diaryl/α,β-unsaturated/α-hetero) is 1. The van der Waals surface area contributed by atoms with Gasteiger partial charge in [-0.15, -0.1) is 0 Å². The smallest absolute Gasteiger partial charge is 0.251 e. The SMILES string of the molecule is C=C(CSC)C(=O)c1ccc(C(=O)NC)cc1. The molecule has 0 aliphatic heterocycles. The van der Waals surface area contributed by atoms with Crippen molar-refractivity contribution in [1.82, 2.24) is 5.32 Å². The number of benzene rings is 1.